The van der Waals surface area contributed by atoms with Crippen LogP contribution in [0.5, 0.6) is 0 Å². The van der Waals surface area contributed by atoms with Crippen molar-refractivity contribution < 1.29 is 0 Å². The van der Waals surface area contributed by atoms with Crippen LogP contribution in [0.4, 0.5) is 0 Å². The monoisotopic (exact) mass is 226 g/mol. The Morgan fingerprint density at radius 2 is 1.12 bits per heavy atom. The molecule has 0 rings (SSSR count). The maximum Gasteiger partial charge on any atom is -0.0360 e. The third-order valence-corrected chi connectivity index (χ3v) is 4.37. The highest BCUT2D eigenvalue weighted by atomic mass is 14.3. The van der Waals surface area contributed by atoms with Crippen molar-refractivity contribution in [3.05, 3.63) is 0 Å². The molecule has 0 aromatic carbocycles. The fourth-order valence-corrected chi connectivity index (χ4v) is 3.21. The lowest BCUT2D eigenvalue weighted by atomic mass is 9.74. The minimum Gasteiger partial charge on any atom is -0.0651 e. The van der Waals surface area contributed by atoms with E-state index in [-0.39, 0.29) is 0 Å². The quantitative estimate of drug-likeness (QED) is 0.458. The maximum absolute atomic E-state index is 2.39. The van der Waals surface area contributed by atoms with Gasteiger partial charge in [-0.05, 0) is 30.1 Å². The van der Waals surface area contributed by atoms with Gasteiger partial charge < -0.3 is 0 Å². The number of hydrogen-bond acceptors (Lipinski definition) is 0. The van der Waals surface area contributed by atoms with Gasteiger partial charge in [-0.2, -0.15) is 0 Å². The zero-order chi connectivity index (χ0) is 12.6. The molecule has 0 fully saturated rings. The molecule has 2 unspecified atom stereocenters. The van der Waals surface area contributed by atoms with Crippen molar-refractivity contribution in [3.63, 3.8) is 0 Å². The highest BCUT2D eigenvalue weighted by Crippen LogP contribution is 2.34. The highest BCUT2D eigenvalue weighted by molar-refractivity contribution is 4.75. The second kappa shape index (κ2) is 9.07. The Bertz CT molecular complexity index is 144. The van der Waals surface area contributed by atoms with Crippen molar-refractivity contribution in [2.24, 2.45) is 23.7 Å². The first-order valence-corrected chi connectivity index (χ1v) is 7.60. The van der Waals surface area contributed by atoms with Crippen molar-refractivity contribution in [3.8, 4) is 0 Å². The fourth-order valence-electron chi connectivity index (χ4n) is 3.21. The van der Waals surface area contributed by atoms with Gasteiger partial charge in [-0.15, -0.1) is 0 Å². The van der Waals surface area contributed by atoms with Gasteiger partial charge in [-0.3, -0.25) is 0 Å². The Kier molecular flexibility index (Phi) is 9.07. The Labute approximate surface area is 104 Å². The van der Waals surface area contributed by atoms with Gasteiger partial charge in [-0.25, -0.2) is 0 Å². The van der Waals surface area contributed by atoms with E-state index in [4.69, 9.17) is 0 Å². The Morgan fingerprint density at radius 1 is 0.625 bits per heavy atom. The topological polar surface area (TPSA) is 0 Å². The molecule has 0 aromatic heterocycles. The van der Waals surface area contributed by atoms with Gasteiger partial charge in [0.05, 0.1) is 0 Å². The minimum absolute atomic E-state index is 0.869. The summed E-state index contributed by atoms with van der Waals surface area (Å²) in [5, 5.41) is 0. The second-order valence-electron chi connectivity index (χ2n) is 5.79. The van der Waals surface area contributed by atoms with E-state index in [1.807, 2.05) is 0 Å². The summed E-state index contributed by atoms with van der Waals surface area (Å²) < 4.78 is 0. The van der Waals surface area contributed by atoms with Crippen LogP contribution in [0.25, 0.3) is 0 Å². The molecule has 0 nitrogen and oxygen atoms in total. The van der Waals surface area contributed by atoms with Crippen molar-refractivity contribution >= 4 is 0 Å². The second-order valence-corrected chi connectivity index (χ2v) is 5.79. The molecule has 0 aliphatic rings. The normalized spacial score (nSPS) is 15.8. The van der Waals surface area contributed by atoms with Crippen LogP contribution in [0.15, 0.2) is 0 Å². The summed E-state index contributed by atoms with van der Waals surface area (Å²) in [4.78, 5) is 0. The van der Waals surface area contributed by atoms with Gasteiger partial charge in [0.2, 0.25) is 0 Å². The summed E-state index contributed by atoms with van der Waals surface area (Å²) in [5.74, 6) is 3.77. The average molecular weight is 226 g/mol. The van der Waals surface area contributed by atoms with Crippen LogP contribution < -0.4 is 0 Å². The largest absolute Gasteiger partial charge is 0.0651 e. The van der Waals surface area contributed by atoms with Crippen LogP contribution in [-0.4, -0.2) is 0 Å². The summed E-state index contributed by atoms with van der Waals surface area (Å²) in [6.07, 6.45) is 8.35. The van der Waals surface area contributed by atoms with E-state index in [1.54, 1.807) is 0 Å². The molecule has 0 aromatic rings. The molecule has 0 heterocycles. The molecule has 0 bridgehead atoms. The van der Waals surface area contributed by atoms with Gasteiger partial charge in [0.1, 0.15) is 0 Å². The zero-order valence-electron chi connectivity index (χ0n) is 12.6. The van der Waals surface area contributed by atoms with Crippen LogP contribution in [0.3, 0.4) is 0 Å². The van der Waals surface area contributed by atoms with E-state index in [0.29, 0.717) is 0 Å². The Morgan fingerprint density at radius 3 is 1.44 bits per heavy atom. The van der Waals surface area contributed by atoms with Crippen LogP contribution in [0.1, 0.15) is 80.1 Å². The molecule has 0 aliphatic heterocycles. The van der Waals surface area contributed by atoms with Crippen molar-refractivity contribution in [2.75, 3.05) is 0 Å². The van der Waals surface area contributed by atoms with Crippen LogP contribution in [0.2, 0.25) is 0 Å². The molecule has 0 saturated heterocycles. The fraction of sp³-hybridized carbons (Fsp3) is 1.00. The number of rotatable bonds is 9. The standard InChI is InChI=1S/C16H34/c1-7-14(8-2)16(10-4)15(9-3)12-11-13(5)6/h13-16H,7-12H2,1-6H3. The van der Waals surface area contributed by atoms with Crippen molar-refractivity contribution in [1.82, 2.24) is 0 Å². The van der Waals surface area contributed by atoms with Gasteiger partial charge in [0, 0.05) is 0 Å². The number of hydrogen-bond donors (Lipinski definition) is 0. The molecular weight excluding hydrogens is 192 g/mol. The van der Waals surface area contributed by atoms with Crippen molar-refractivity contribution in [2.45, 2.75) is 80.1 Å². The lowest BCUT2D eigenvalue weighted by Gasteiger charge is -2.32. The first kappa shape index (κ1) is 16.0. The molecular formula is C16H34. The van der Waals surface area contributed by atoms with E-state index < -0.39 is 0 Å². The summed E-state index contributed by atoms with van der Waals surface area (Å²) in [6, 6.07) is 0. The molecule has 0 spiro atoms. The first-order valence-electron chi connectivity index (χ1n) is 7.60. The summed E-state index contributed by atoms with van der Waals surface area (Å²) in [6.45, 7) is 14.2. The highest BCUT2D eigenvalue weighted by Gasteiger charge is 2.24. The first-order chi connectivity index (χ1) is 7.60. The van der Waals surface area contributed by atoms with E-state index in [0.717, 1.165) is 23.7 Å². The summed E-state index contributed by atoms with van der Waals surface area (Å²) in [5.41, 5.74) is 0. The van der Waals surface area contributed by atoms with Crippen LogP contribution in [-0.2, 0) is 0 Å². The van der Waals surface area contributed by atoms with Gasteiger partial charge in [0.25, 0.3) is 0 Å². The molecule has 0 amide bonds. The molecule has 2 atom stereocenters. The lowest BCUT2D eigenvalue weighted by Crippen LogP contribution is -2.22. The smallest absolute Gasteiger partial charge is 0.0360 e. The maximum atomic E-state index is 2.39. The zero-order valence-corrected chi connectivity index (χ0v) is 12.6. The Balaban J connectivity index is 4.36. The lowest BCUT2D eigenvalue weighted by molar-refractivity contribution is 0.183. The van der Waals surface area contributed by atoms with Gasteiger partial charge in [0.15, 0.2) is 0 Å². The average Bonchev–Trinajstić information content (AvgIpc) is 2.28. The predicted molar refractivity (Wildman–Crippen MR) is 75.7 cm³/mol. The van der Waals surface area contributed by atoms with Crippen LogP contribution >= 0.6 is 0 Å². The van der Waals surface area contributed by atoms with E-state index in [1.165, 1.54) is 38.5 Å². The molecule has 0 heteroatoms. The molecule has 0 aliphatic carbocycles. The molecule has 0 N–H and O–H groups in total. The molecule has 0 saturated carbocycles. The summed E-state index contributed by atoms with van der Waals surface area (Å²) in [7, 11) is 0. The predicted octanol–water partition coefficient (Wildman–Crippen LogP) is 5.91. The molecule has 0 radical (unpaired) electrons. The van der Waals surface area contributed by atoms with Gasteiger partial charge >= 0.3 is 0 Å². The summed E-state index contributed by atoms with van der Waals surface area (Å²) >= 11 is 0. The van der Waals surface area contributed by atoms with E-state index in [2.05, 4.69) is 41.5 Å². The SMILES string of the molecule is CCC(CC)C(CC)C(CC)CCC(C)C. The van der Waals surface area contributed by atoms with Crippen molar-refractivity contribution in [1.29, 1.82) is 0 Å². The van der Waals surface area contributed by atoms with E-state index >= 15 is 0 Å². The Hall–Kier alpha value is 0. The third kappa shape index (κ3) is 5.37. The van der Waals surface area contributed by atoms with Gasteiger partial charge in [-0.1, -0.05) is 73.6 Å². The minimum atomic E-state index is 0.869. The molecule has 98 valence electrons. The third-order valence-electron chi connectivity index (χ3n) is 4.37. The molecule has 16 heavy (non-hydrogen) atoms. The van der Waals surface area contributed by atoms with E-state index in [9.17, 15) is 0 Å². The van der Waals surface area contributed by atoms with Crippen LogP contribution in [0, 0.1) is 23.7 Å².